The molecule has 17 heavy (non-hydrogen) atoms. The molecule has 88 valence electrons. The number of hydrogen-bond donors (Lipinski definition) is 0. The molecule has 0 spiro atoms. The van der Waals surface area contributed by atoms with Crippen molar-refractivity contribution in [2.24, 2.45) is 0 Å². The van der Waals surface area contributed by atoms with Gasteiger partial charge in [-0.1, -0.05) is 34.5 Å². The molecule has 0 aliphatic rings. The van der Waals surface area contributed by atoms with Gasteiger partial charge in [0.15, 0.2) is 5.82 Å². The van der Waals surface area contributed by atoms with Gasteiger partial charge in [0.2, 0.25) is 5.78 Å². The third-order valence-corrected chi connectivity index (χ3v) is 2.41. The number of aromatic nitrogens is 2. The fourth-order valence-corrected chi connectivity index (χ4v) is 1.82. The Morgan fingerprint density at radius 1 is 1.24 bits per heavy atom. The van der Waals surface area contributed by atoms with E-state index < -0.39 is 0 Å². The summed E-state index contributed by atoms with van der Waals surface area (Å²) < 4.78 is 4.85. The highest BCUT2D eigenvalue weighted by molar-refractivity contribution is 5.89. The molecule has 1 aromatic carbocycles. The number of benzene rings is 1. The maximum atomic E-state index is 11.0. The van der Waals surface area contributed by atoms with E-state index in [0.717, 1.165) is 5.56 Å². The number of hydrogen-bond acceptors (Lipinski definition) is 4. The van der Waals surface area contributed by atoms with Crippen molar-refractivity contribution in [3.8, 4) is 0 Å². The summed E-state index contributed by atoms with van der Waals surface area (Å²) in [6, 6.07) is 6.27. The van der Waals surface area contributed by atoms with E-state index in [-0.39, 0.29) is 11.7 Å². The topological polar surface area (TPSA) is 56.0 Å². The van der Waals surface area contributed by atoms with Gasteiger partial charge in [-0.25, -0.2) is 0 Å². The van der Waals surface area contributed by atoms with E-state index in [1.807, 2.05) is 13.8 Å². The molecule has 0 amide bonds. The van der Waals surface area contributed by atoms with Crippen LogP contribution in [0.15, 0.2) is 22.7 Å². The second-order valence-electron chi connectivity index (χ2n) is 4.24. The number of ketones is 1. The molecule has 0 fully saturated rings. The predicted octanol–water partition coefficient (Wildman–Crippen LogP) is 2.48. The molecule has 0 saturated carbocycles. The summed E-state index contributed by atoms with van der Waals surface area (Å²) in [6.45, 7) is 5.51. The van der Waals surface area contributed by atoms with Crippen molar-refractivity contribution in [2.45, 2.75) is 27.2 Å². The molecule has 1 aromatic heterocycles. The fraction of sp³-hybridized carbons (Fsp3) is 0.308. The molecule has 0 saturated heterocycles. The average Bonchev–Trinajstić information content (AvgIpc) is 2.64. The Bertz CT molecular complexity index is 538. The lowest BCUT2D eigenvalue weighted by Crippen LogP contribution is -1.95. The van der Waals surface area contributed by atoms with Crippen LogP contribution in [0.25, 0.3) is 0 Å². The summed E-state index contributed by atoms with van der Waals surface area (Å²) in [6.07, 6.45) is 0.583. The molecule has 0 atom stereocenters. The zero-order valence-corrected chi connectivity index (χ0v) is 10.2. The van der Waals surface area contributed by atoms with Crippen LogP contribution in [0.2, 0.25) is 0 Å². The van der Waals surface area contributed by atoms with E-state index in [9.17, 15) is 4.79 Å². The van der Waals surface area contributed by atoms with Gasteiger partial charge in [0, 0.05) is 13.3 Å². The molecule has 0 unspecified atom stereocenters. The quantitative estimate of drug-likeness (QED) is 0.760. The fourth-order valence-electron chi connectivity index (χ4n) is 1.82. The lowest BCUT2D eigenvalue weighted by molar-refractivity contribution is 0.0972. The minimum Gasteiger partial charge on any atom is -0.331 e. The maximum absolute atomic E-state index is 11.0. The third-order valence-electron chi connectivity index (χ3n) is 2.41. The van der Waals surface area contributed by atoms with E-state index in [2.05, 4.69) is 28.3 Å². The van der Waals surface area contributed by atoms with E-state index in [1.165, 1.54) is 18.1 Å². The summed E-state index contributed by atoms with van der Waals surface area (Å²) in [5.41, 5.74) is 3.53. The first kappa shape index (κ1) is 11.5. The first-order chi connectivity index (χ1) is 8.04. The van der Waals surface area contributed by atoms with E-state index in [1.54, 1.807) is 0 Å². The van der Waals surface area contributed by atoms with Crippen LogP contribution in [0.4, 0.5) is 0 Å². The van der Waals surface area contributed by atoms with Crippen molar-refractivity contribution in [3.05, 3.63) is 46.6 Å². The minimum atomic E-state index is -0.204. The molecule has 2 aromatic rings. The number of carbonyl (C=O) groups excluding carboxylic acids is 1. The van der Waals surface area contributed by atoms with Crippen LogP contribution in [0.3, 0.4) is 0 Å². The van der Waals surface area contributed by atoms with Crippen molar-refractivity contribution in [2.75, 3.05) is 0 Å². The zero-order valence-electron chi connectivity index (χ0n) is 10.2. The Morgan fingerprint density at radius 3 is 2.41 bits per heavy atom. The summed E-state index contributed by atoms with van der Waals surface area (Å²) in [4.78, 5) is 15.1. The molecular weight excluding hydrogens is 216 g/mol. The lowest BCUT2D eigenvalue weighted by atomic mass is 10.1. The normalized spacial score (nSPS) is 10.5. The van der Waals surface area contributed by atoms with Crippen molar-refractivity contribution in [3.63, 3.8) is 0 Å². The maximum Gasteiger partial charge on any atom is 0.293 e. The number of aryl methyl sites for hydroxylation is 2. The first-order valence-electron chi connectivity index (χ1n) is 5.45. The van der Waals surface area contributed by atoms with Gasteiger partial charge in [-0.3, -0.25) is 4.79 Å². The Hall–Kier alpha value is -1.97. The first-order valence-corrected chi connectivity index (χ1v) is 5.45. The lowest BCUT2D eigenvalue weighted by Gasteiger charge is -2.01. The van der Waals surface area contributed by atoms with Gasteiger partial charge in [0.1, 0.15) is 0 Å². The Kier molecular flexibility index (Phi) is 3.04. The van der Waals surface area contributed by atoms with Crippen LogP contribution >= 0.6 is 0 Å². The zero-order chi connectivity index (χ0) is 12.4. The van der Waals surface area contributed by atoms with Crippen LogP contribution < -0.4 is 0 Å². The van der Waals surface area contributed by atoms with Crippen molar-refractivity contribution >= 4 is 5.78 Å². The molecule has 0 N–H and O–H groups in total. The average molecular weight is 230 g/mol. The molecule has 0 aliphatic carbocycles. The Morgan fingerprint density at radius 2 is 1.88 bits per heavy atom. The smallest absolute Gasteiger partial charge is 0.293 e. The van der Waals surface area contributed by atoms with Crippen LogP contribution in [0.5, 0.6) is 0 Å². The van der Waals surface area contributed by atoms with Gasteiger partial charge in [-0.15, -0.1) is 0 Å². The highest BCUT2D eigenvalue weighted by Crippen LogP contribution is 2.12. The predicted molar refractivity (Wildman–Crippen MR) is 63.0 cm³/mol. The minimum absolute atomic E-state index is 0.0735. The van der Waals surface area contributed by atoms with E-state index in [0.29, 0.717) is 12.2 Å². The second kappa shape index (κ2) is 4.49. The van der Waals surface area contributed by atoms with Crippen molar-refractivity contribution in [1.82, 2.24) is 10.1 Å². The number of Topliss-reactive ketones (excluding diaryl/α,β-unsaturated/α-hetero) is 1. The molecule has 4 nitrogen and oxygen atoms in total. The summed E-state index contributed by atoms with van der Waals surface area (Å²) in [7, 11) is 0. The van der Waals surface area contributed by atoms with Crippen LogP contribution in [-0.2, 0) is 6.42 Å². The summed E-state index contributed by atoms with van der Waals surface area (Å²) in [5, 5.41) is 3.79. The van der Waals surface area contributed by atoms with Gasteiger partial charge in [0.05, 0.1) is 0 Å². The molecule has 0 radical (unpaired) electrons. The van der Waals surface area contributed by atoms with Gasteiger partial charge in [-0.05, 0) is 19.4 Å². The van der Waals surface area contributed by atoms with E-state index >= 15 is 0 Å². The third kappa shape index (κ3) is 2.78. The van der Waals surface area contributed by atoms with E-state index in [4.69, 9.17) is 4.52 Å². The molecular formula is C13H14N2O2. The monoisotopic (exact) mass is 230 g/mol. The molecule has 4 heteroatoms. The van der Waals surface area contributed by atoms with Gasteiger partial charge in [-0.2, -0.15) is 4.98 Å². The Balaban J connectivity index is 2.22. The highest BCUT2D eigenvalue weighted by Gasteiger charge is 2.10. The van der Waals surface area contributed by atoms with Gasteiger partial charge < -0.3 is 4.52 Å². The molecule has 0 aliphatic heterocycles. The Labute approximate surface area is 99.7 Å². The van der Waals surface area contributed by atoms with Gasteiger partial charge in [0.25, 0.3) is 5.89 Å². The summed E-state index contributed by atoms with van der Waals surface area (Å²) >= 11 is 0. The summed E-state index contributed by atoms with van der Waals surface area (Å²) in [5.74, 6) is 0.411. The highest BCUT2D eigenvalue weighted by atomic mass is 16.5. The van der Waals surface area contributed by atoms with Crippen molar-refractivity contribution in [1.29, 1.82) is 0 Å². The van der Waals surface area contributed by atoms with Crippen molar-refractivity contribution < 1.29 is 9.32 Å². The molecule has 0 bridgehead atoms. The second-order valence-corrected chi connectivity index (χ2v) is 4.24. The molecule has 2 rings (SSSR count). The van der Waals surface area contributed by atoms with Crippen LogP contribution in [-0.4, -0.2) is 15.9 Å². The number of carbonyl (C=O) groups is 1. The van der Waals surface area contributed by atoms with Crippen LogP contribution in [0.1, 0.15) is 40.1 Å². The molecule has 1 heterocycles. The number of nitrogens with zero attached hydrogens (tertiary/aromatic N) is 2. The standard InChI is InChI=1S/C13H14N2O2/c1-8-4-9(2)6-11(5-8)7-12-14-13(10(3)16)17-15-12/h4-6H,7H2,1-3H3. The van der Waals surface area contributed by atoms with Crippen LogP contribution in [0, 0.1) is 13.8 Å². The SMILES string of the molecule is CC(=O)c1nc(Cc2cc(C)cc(C)c2)no1. The largest absolute Gasteiger partial charge is 0.331 e. The van der Waals surface area contributed by atoms with Gasteiger partial charge >= 0.3 is 0 Å². The number of rotatable bonds is 3.